The second-order valence-corrected chi connectivity index (χ2v) is 11.5. The van der Waals surface area contributed by atoms with Gasteiger partial charge in [-0.15, -0.1) is 0 Å². The average molecular weight is 474 g/mol. The van der Waals surface area contributed by atoms with E-state index in [0.717, 1.165) is 54.5 Å². The van der Waals surface area contributed by atoms with Crippen molar-refractivity contribution in [3.05, 3.63) is 65.2 Å². The van der Waals surface area contributed by atoms with Crippen molar-refractivity contribution in [1.82, 2.24) is 10.2 Å². The molecule has 8 heteroatoms. The molecular formula is C25H35N3O4S. The van der Waals surface area contributed by atoms with Gasteiger partial charge in [-0.1, -0.05) is 57.2 Å². The Balaban J connectivity index is 1.57. The standard InChI is InChI=1S/C25H35N3O4S/c1-25(2,3)22-9-11-23(12-10-22)28(33(4,30)31)19-24(29)26-17-20-5-7-21(8-6-20)18-27-13-15-32-16-14-27/h5-12H,13-19H2,1-4H3,(H,26,29). The van der Waals surface area contributed by atoms with Crippen LogP contribution >= 0.6 is 0 Å². The van der Waals surface area contributed by atoms with Gasteiger partial charge in [0.25, 0.3) is 0 Å². The Morgan fingerprint density at radius 1 is 1.00 bits per heavy atom. The molecule has 2 aromatic carbocycles. The lowest BCUT2D eigenvalue weighted by atomic mass is 9.87. The van der Waals surface area contributed by atoms with Gasteiger partial charge in [0.1, 0.15) is 6.54 Å². The highest BCUT2D eigenvalue weighted by Gasteiger charge is 2.22. The number of nitrogens with one attached hydrogen (secondary N) is 1. The quantitative estimate of drug-likeness (QED) is 0.638. The Hall–Kier alpha value is -2.42. The van der Waals surface area contributed by atoms with E-state index in [9.17, 15) is 13.2 Å². The summed E-state index contributed by atoms with van der Waals surface area (Å²) in [6.45, 7) is 10.7. The predicted octanol–water partition coefficient (Wildman–Crippen LogP) is 2.90. The van der Waals surface area contributed by atoms with E-state index in [0.29, 0.717) is 12.2 Å². The van der Waals surface area contributed by atoms with Crippen molar-refractivity contribution in [3.63, 3.8) is 0 Å². The summed E-state index contributed by atoms with van der Waals surface area (Å²) in [5.41, 5.74) is 3.72. The first-order chi connectivity index (χ1) is 15.5. The van der Waals surface area contributed by atoms with E-state index in [1.165, 1.54) is 5.56 Å². The van der Waals surface area contributed by atoms with Crippen LogP contribution in [-0.2, 0) is 38.1 Å². The van der Waals surface area contributed by atoms with Gasteiger partial charge in [-0.05, 0) is 34.2 Å². The summed E-state index contributed by atoms with van der Waals surface area (Å²) in [5.74, 6) is -0.349. The second-order valence-electron chi connectivity index (χ2n) is 9.55. The minimum absolute atomic E-state index is 0.0381. The molecule has 1 amide bonds. The maximum Gasteiger partial charge on any atom is 0.241 e. The maximum absolute atomic E-state index is 12.6. The van der Waals surface area contributed by atoms with Crippen LogP contribution in [0.3, 0.4) is 0 Å². The molecule has 7 nitrogen and oxygen atoms in total. The molecule has 3 rings (SSSR count). The third kappa shape index (κ3) is 7.55. The van der Waals surface area contributed by atoms with Gasteiger partial charge in [-0.3, -0.25) is 14.0 Å². The van der Waals surface area contributed by atoms with Crippen LogP contribution in [0.15, 0.2) is 48.5 Å². The predicted molar refractivity (Wildman–Crippen MR) is 132 cm³/mol. The molecule has 1 aliphatic heterocycles. The Bertz CT molecular complexity index is 1020. The van der Waals surface area contributed by atoms with Gasteiger partial charge in [0.05, 0.1) is 25.2 Å². The zero-order valence-electron chi connectivity index (χ0n) is 20.0. The zero-order chi connectivity index (χ0) is 24.1. The third-order valence-corrected chi connectivity index (χ3v) is 6.87. The van der Waals surface area contributed by atoms with Gasteiger partial charge in [-0.2, -0.15) is 0 Å². The fraction of sp³-hybridized carbons (Fsp3) is 0.480. The largest absolute Gasteiger partial charge is 0.379 e. The number of nitrogens with zero attached hydrogens (tertiary/aromatic N) is 2. The van der Waals surface area contributed by atoms with Crippen molar-refractivity contribution < 1.29 is 17.9 Å². The molecule has 33 heavy (non-hydrogen) atoms. The fourth-order valence-corrected chi connectivity index (χ4v) is 4.55. The van der Waals surface area contributed by atoms with E-state index in [1.807, 2.05) is 24.3 Å². The summed E-state index contributed by atoms with van der Waals surface area (Å²) in [5, 5.41) is 2.84. The molecule has 1 N–H and O–H groups in total. The number of benzene rings is 2. The number of amides is 1. The van der Waals surface area contributed by atoms with Gasteiger partial charge < -0.3 is 10.1 Å². The lowest BCUT2D eigenvalue weighted by Gasteiger charge is -2.26. The number of rotatable bonds is 8. The van der Waals surface area contributed by atoms with Crippen molar-refractivity contribution in [1.29, 1.82) is 0 Å². The lowest BCUT2D eigenvalue weighted by Crippen LogP contribution is -2.40. The monoisotopic (exact) mass is 473 g/mol. The highest BCUT2D eigenvalue weighted by Crippen LogP contribution is 2.25. The minimum atomic E-state index is -3.61. The number of anilines is 1. The van der Waals surface area contributed by atoms with Crippen LogP contribution in [-0.4, -0.2) is 58.3 Å². The lowest BCUT2D eigenvalue weighted by molar-refractivity contribution is -0.119. The van der Waals surface area contributed by atoms with Crippen molar-refractivity contribution in [2.75, 3.05) is 43.4 Å². The molecule has 0 aromatic heterocycles. The van der Waals surface area contributed by atoms with Crippen molar-refractivity contribution >= 4 is 21.6 Å². The number of hydrogen-bond acceptors (Lipinski definition) is 5. The first-order valence-electron chi connectivity index (χ1n) is 11.3. The number of morpholine rings is 1. The van der Waals surface area contributed by atoms with Crippen LogP contribution in [0, 0.1) is 0 Å². The molecule has 180 valence electrons. The Morgan fingerprint density at radius 2 is 1.58 bits per heavy atom. The Labute approximate surface area is 197 Å². The second kappa shape index (κ2) is 10.7. The maximum atomic E-state index is 12.6. The SMILES string of the molecule is CC(C)(C)c1ccc(N(CC(=O)NCc2ccc(CN3CCOCC3)cc2)S(C)(=O)=O)cc1. The first-order valence-corrected chi connectivity index (χ1v) is 13.1. The number of carbonyl (C=O) groups is 1. The molecule has 0 unspecified atom stereocenters. The highest BCUT2D eigenvalue weighted by molar-refractivity contribution is 7.92. The molecule has 0 spiro atoms. The summed E-state index contributed by atoms with van der Waals surface area (Å²) < 4.78 is 31.2. The van der Waals surface area contributed by atoms with E-state index in [4.69, 9.17) is 4.74 Å². The molecule has 0 bridgehead atoms. The smallest absolute Gasteiger partial charge is 0.241 e. The summed E-state index contributed by atoms with van der Waals surface area (Å²) in [7, 11) is -3.61. The van der Waals surface area contributed by atoms with E-state index in [1.54, 1.807) is 12.1 Å². The van der Waals surface area contributed by atoms with Gasteiger partial charge in [-0.25, -0.2) is 8.42 Å². The topological polar surface area (TPSA) is 79.0 Å². The highest BCUT2D eigenvalue weighted by atomic mass is 32.2. The average Bonchev–Trinajstić information content (AvgIpc) is 2.76. The van der Waals surface area contributed by atoms with E-state index >= 15 is 0 Å². The van der Waals surface area contributed by atoms with Crippen molar-refractivity contribution in [2.45, 2.75) is 39.3 Å². The van der Waals surface area contributed by atoms with Crippen LogP contribution < -0.4 is 9.62 Å². The summed E-state index contributed by atoms with van der Waals surface area (Å²) >= 11 is 0. The number of hydrogen-bond donors (Lipinski definition) is 1. The summed E-state index contributed by atoms with van der Waals surface area (Å²) in [6, 6.07) is 15.4. The molecule has 1 saturated heterocycles. The summed E-state index contributed by atoms with van der Waals surface area (Å²) in [4.78, 5) is 14.9. The van der Waals surface area contributed by atoms with Crippen molar-refractivity contribution in [2.24, 2.45) is 0 Å². The van der Waals surface area contributed by atoms with Gasteiger partial charge in [0.2, 0.25) is 15.9 Å². The van der Waals surface area contributed by atoms with Crippen molar-refractivity contribution in [3.8, 4) is 0 Å². The zero-order valence-corrected chi connectivity index (χ0v) is 20.8. The summed E-state index contributed by atoms with van der Waals surface area (Å²) in [6.07, 6.45) is 1.12. The molecule has 1 fully saturated rings. The molecule has 2 aromatic rings. The molecule has 1 heterocycles. The molecule has 0 aliphatic carbocycles. The third-order valence-electron chi connectivity index (χ3n) is 5.73. The Kier molecular flexibility index (Phi) is 8.15. The molecule has 1 aliphatic rings. The van der Waals surface area contributed by atoms with E-state index < -0.39 is 10.0 Å². The number of sulfonamides is 1. The van der Waals surface area contributed by atoms with Crippen LogP contribution in [0.25, 0.3) is 0 Å². The van der Waals surface area contributed by atoms with Crippen LogP contribution in [0.1, 0.15) is 37.5 Å². The number of ether oxygens (including phenoxy) is 1. The van der Waals surface area contributed by atoms with Crippen LogP contribution in [0.4, 0.5) is 5.69 Å². The number of carbonyl (C=O) groups excluding carboxylic acids is 1. The minimum Gasteiger partial charge on any atom is -0.379 e. The normalized spacial score (nSPS) is 15.3. The fourth-order valence-electron chi connectivity index (χ4n) is 3.69. The van der Waals surface area contributed by atoms with Crippen LogP contribution in [0.5, 0.6) is 0 Å². The van der Waals surface area contributed by atoms with Gasteiger partial charge in [0.15, 0.2) is 0 Å². The Morgan fingerprint density at radius 3 is 2.12 bits per heavy atom. The van der Waals surface area contributed by atoms with E-state index in [2.05, 4.69) is 43.1 Å². The van der Waals surface area contributed by atoms with Crippen LogP contribution in [0.2, 0.25) is 0 Å². The van der Waals surface area contributed by atoms with Gasteiger partial charge in [0, 0.05) is 26.2 Å². The molecule has 0 radical (unpaired) electrons. The molecular weight excluding hydrogens is 438 g/mol. The van der Waals surface area contributed by atoms with E-state index in [-0.39, 0.29) is 17.9 Å². The van der Waals surface area contributed by atoms with Gasteiger partial charge >= 0.3 is 0 Å². The first kappa shape index (κ1) is 25.2. The molecule has 0 saturated carbocycles. The molecule has 0 atom stereocenters.